The van der Waals surface area contributed by atoms with Gasteiger partial charge in [0.15, 0.2) is 0 Å². The number of aromatic nitrogens is 1. The molecular weight excluding hydrogens is 411 g/mol. The van der Waals surface area contributed by atoms with Crippen LogP contribution in [0, 0.1) is 11.3 Å². The zero-order chi connectivity index (χ0) is 20.4. The minimum absolute atomic E-state index is 0.00281. The van der Waals surface area contributed by atoms with Gasteiger partial charge in [-0.2, -0.15) is 10.2 Å². The van der Waals surface area contributed by atoms with Gasteiger partial charge in [0.1, 0.15) is 6.07 Å². The van der Waals surface area contributed by atoms with Crippen LogP contribution in [0.15, 0.2) is 52.9 Å². The summed E-state index contributed by atoms with van der Waals surface area (Å²) in [4.78, 5) is 20.6. The fraction of sp³-hybridized carbons (Fsp3) is 0.190. The Balaban J connectivity index is 1.52. The lowest BCUT2D eigenvalue weighted by Crippen LogP contribution is -2.48. The molecule has 0 N–H and O–H groups in total. The third-order valence-corrected chi connectivity index (χ3v) is 5.30. The Kier molecular flexibility index (Phi) is 5.43. The first-order valence-electron chi connectivity index (χ1n) is 9.02. The van der Waals surface area contributed by atoms with E-state index >= 15 is 0 Å². The SMILES string of the molecule is N#Cc1nc(-c2ccc(Cl)cc2Cl)oc1N1CCN(C(=O)c2ccccc2)CC1. The van der Waals surface area contributed by atoms with Crippen molar-refractivity contribution in [2.45, 2.75) is 0 Å². The fourth-order valence-corrected chi connectivity index (χ4v) is 3.74. The van der Waals surface area contributed by atoms with Crippen molar-refractivity contribution in [3.8, 4) is 17.5 Å². The van der Waals surface area contributed by atoms with Crippen molar-refractivity contribution in [1.82, 2.24) is 9.88 Å². The molecule has 1 saturated heterocycles. The van der Waals surface area contributed by atoms with Crippen LogP contribution in [0.2, 0.25) is 10.0 Å². The zero-order valence-corrected chi connectivity index (χ0v) is 16.8. The maximum Gasteiger partial charge on any atom is 0.253 e. The molecule has 1 aliphatic heterocycles. The van der Waals surface area contributed by atoms with Gasteiger partial charge in [0.2, 0.25) is 17.5 Å². The second-order valence-corrected chi connectivity index (χ2v) is 7.40. The number of hydrogen-bond acceptors (Lipinski definition) is 5. The third-order valence-electron chi connectivity index (χ3n) is 4.75. The minimum Gasteiger partial charge on any atom is -0.419 e. The molecule has 0 bridgehead atoms. The molecule has 4 rings (SSSR count). The van der Waals surface area contributed by atoms with Crippen molar-refractivity contribution in [3.63, 3.8) is 0 Å². The summed E-state index contributed by atoms with van der Waals surface area (Å²) < 4.78 is 5.89. The molecule has 6 nitrogen and oxygen atoms in total. The highest BCUT2D eigenvalue weighted by Crippen LogP contribution is 2.34. The Labute approximate surface area is 177 Å². The maximum atomic E-state index is 12.6. The molecule has 8 heteroatoms. The number of amides is 1. The van der Waals surface area contributed by atoms with E-state index in [2.05, 4.69) is 11.1 Å². The summed E-state index contributed by atoms with van der Waals surface area (Å²) in [5, 5.41) is 10.4. The first kappa shape index (κ1) is 19.3. The number of nitrogens with zero attached hydrogens (tertiary/aromatic N) is 4. The molecule has 0 aliphatic carbocycles. The molecule has 1 amide bonds. The van der Waals surface area contributed by atoms with Crippen molar-refractivity contribution >= 4 is 35.0 Å². The number of hydrogen-bond donors (Lipinski definition) is 0. The Morgan fingerprint density at radius 1 is 1.07 bits per heavy atom. The Morgan fingerprint density at radius 3 is 2.45 bits per heavy atom. The number of benzene rings is 2. The molecule has 0 saturated carbocycles. The minimum atomic E-state index is -0.00281. The van der Waals surface area contributed by atoms with Gasteiger partial charge in [-0.1, -0.05) is 41.4 Å². The van der Waals surface area contributed by atoms with Gasteiger partial charge in [-0.15, -0.1) is 0 Å². The Morgan fingerprint density at radius 2 is 1.79 bits per heavy atom. The van der Waals surface area contributed by atoms with Gasteiger partial charge in [0.25, 0.3) is 5.91 Å². The van der Waals surface area contributed by atoms with Crippen LogP contribution < -0.4 is 4.90 Å². The first-order chi connectivity index (χ1) is 14.1. The number of carbonyl (C=O) groups excluding carboxylic acids is 1. The summed E-state index contributed by atoms with van der Waals surface area (Å²) in [7, 11) is 0. The van der Waals surface area contributed by atoms with Gasteiger partial charge >= 0.3 is 0 Å². The molecule has 2 aromatic carbocycles. The highest BCUT2D eigenvalue weighted by Gasteiger charge is 2.27. The molecule has 2 heterocycles. The number of halogens is 2. The van der Waals surface area contributed by atoms with E-state index in [1.54, 1.807) is 35.2 Å². The predicted octanol–water partition coefficient (Wildman–Crippen LogP) is 4.48. The van der Waals surface area contributed by atoms with Crippen LogP contribution in [0.5, 0.6) is 0 Å². The van der Waals surface area contributed by atoms with Crippen molar-refractivity contribution in [3.05, 3.63) is 69.8 Å². The highest BCUT2D eigenvalue weighted by molar-refractivity contribution is 6.36. The van der Waals surface area contributed by atoms with E-state index in [1.807, 2.05) is 23.1 Å². The average molecular weight is 427 g/mol. The van der Waals surface area contributed by atoms with Gasteiger partial charge in [-0.3, -0.25) is 4.79 Å². The van der Waals surface area contributed by atoms with Crippen LogP contribution in [0.1, 0.15) is 16.1 Å². The second-order valence-electron chi connectivity index (χ2n) is 6.55. The highest BCUT2D eigenvalue weighted by atomic mass is 35.5. The van der Waals surface area contributed by atoms with E-state index in [-0.39, 0.29) is 17.5 Å². The summed E-state index contributed by atoms with van der Waals surface area (Å²) in [5.74, 6) is 0.651. The normalized spacial score (nSPS) is 14.0. The van der Waals surface area contributed by atoms with Gasteiger partial charge in [-0.25, -0.2) is 0 Å². The molecule has 0 spiro atoms. The van der Waals surface area contributed by atoms with Gasteiger partial charge < -0.3 is 14.2 Å². The maximum absolute atomic E-state index is 12.6. The number of oxazole rings is 1. The number of piperazine rings is 1. The van der Waals surface area contributed by atoms with E-state index in [1.165, 1.54) is 0 Å². The molecule has 3 aromatic rings. The van der Waals surface area contributed by atoms with Crippen molar-refractivity contribution in [2.24, 2.45) is 0 Å². The number of carbonyl (C=O) groups is 1. The van der Waals surface area contributed by atoms with Crippen LogP contribution in [-0.4, -0.2) is 42.0 Å². The zero-order valence-electron chi connectivity index (χ0n) is 15.3. The van der Waals surface area contributed by atoms with Crippen molar-refractivity contribution in [2.75, 3.05) is 31.1 Å². The average Bonchev–Trinajstić information content (AvgIpc) is 3.18. The standard InChI is InChI=1S/C21H16Cl2N4O2/c22-15-6-7-16(17(23)12-15)19-25-18(13-24)21(29-19)27-10-8-26(9-11-27)20(28)14-4-2-1-3-5-14/h1-7,12H,8-11H2. The fourth-order valence-electron chi connectivity index (χ4n) is 3.25. The molecule has 1 fully saturated rings. The summed E-state index contributed by atoms with van der Waals surface area (Å²) in [6.45, 7) is 2.12. The smallest absolute Gasteiger partial charge is 0.253 e. The van der Waals surface area contributed by atoms with E-state index < -0.39 is 0 Å². The van der Waals surface area contributed by atoms with E-state index in [0.29, 0.717) is 53.2 Å². The monoisotopic (exact) mass is 426 g/mol. The molecule has 1 aliphatic rings. The predicted molar refractivity (Wildman–Crippen MR) is 111 cm³/mol. The molecule has 146 valence electrons. The lowest BCUT2D eigenvalue weighted by atomic mass is 10.2. The van der Waals surface area contributed by atoms with Crippen LogP contribution in [0.4, 0.5) is 5.88 Å². The van der Waals surface area contributed by atoms with Crippen LogP contribution in [0.3, 0.4) is 0 Å². The van der Waals surface area contributed by atoms with Gasteiger partial charge in [-0.05, 0) is 30.3 Å². The Bertz CT molecular complexity index is 1080. The molecule has 1 aromatic heterocycles. The first-order valence-corrected chi connectivity index (χ1v) is 9.78. The van der Waals surface area contributed by atoms with Gasteiger partial charge in [0.05, 0.1) is 10.6 Å². The van der Waals surface area contributed by atoms with Crippen LogP contribution in [-0.2, 0) is 0 Å². The largest absolute Gasteiger partial charge is 0.419 e. The molecule has 0 unspecified atom stereocenters. The summed E-state index contributed by atoms with van der Waals surface area (Å²) in [5.41, 5.74) is 1.42. The summed E-state index contributed by atoms with van der Waals surface area (Å²) in [6, 6.07) is 16.3. The van der Waals surface area contributed by atoms with Crippen LogP contribution in [0.25, 0.3) is 11.5 Å². The molecule has 29 heavy (non-hydrogen) atoms. The number of anilines is 1. The number of rotatable bonds is 3. The van der Waals surface area contributed by atoms with E-state index in [9.17, 15) is 10.1 Å². The quantitative estimate of drug-likeness (QED) is 0.616. The third kappa shape index (κ3) is 3.93. The van der Waals surface area contributed by atoms with Crippen molar-refractivity contribution < 1.29 is 9.21 Å². The van der Waals surface area contributed by atoms with E-state index in [0.717, 1.165) is 0 Å². The van der Waals surface area contributed by atoms with Crippen molar-refractivity contribution in [1.29, 1.82) is 5.26 Å². The second kappa shape index (κ2) is 8.16. The summed E-state index contributed by atoms with van der Waals surface area (Å²) >= 11 is 12.2. The lowest BCUT2D eigenvalue weighted by Gasteiger charge is -2.34. The topological polar surface area (TPSA) is 73.4 Å². The summed E-state index contributed by atoms with van der Waals surface area (Å²) in [6.07, 6.45) is 0. The lowest BCUT2D eigenvalue weighted by molar-refractivity contribution is 0.0745. The Hall–Kier alpha value is -3.01. The number of nitriles is 1. The molecule has 0 radical (unpaired) electrons. The van der Waals surface area contributed by atoms with Crippen LogP contribution >= 0.6 is 23.2 Å². The van der Waals surface area contributed by atoms with E-state index in [4.69, 9.17) is 27.6 Å². The van der Waals surface area contributed by atoms with Gasteiger partial charge in [0, 0.05) is 36.8 Å². The molecular formula is C21H16Cl2N4O2. The molecule has 0 atom stereocenters.